The number of aromatic nitrogens is 1. The van der Waals surface area contributed by atoms with Gasteiger partial charge in [0.05, 0.1) is 5.52 Å². The number of fused-ring (bicyclic) bond motifs is 1. The van der Waals surface area contributed by atoms with Crippen molar-refractivity contribution in [2.24, 2.45) is 5.92 Å². The Morgan fingerprint density at radius 3 is 2.50 bits per heavy atom. The average Bonchev–Trinajstić information content (AvgIpc) is 2.62. The maximum atomic E-state index is 4.74. The van der Waals surface area contributed by atoms with E-state index in [4.69, 9.17) is 4.98 Å². The van der Waals surface area contributed by atoms with Gasteiger partial charge in [0.2, 0.25) is 0 Å². The van der Waals surface area contributed by atoms with Crippen molar-refractivity contribution in [2.45, 2.75) is 58.8 Å². The third-order valence-corrected chi connectivity index (χ3v) is 5.83. The van der Waals surface area contributed by atoms with Gasteiger partial charge in [0.25, 0.3) is 0 Å². The van der Waals surface area contributed by atoms with E-state index in [2.05, 4.69) is 50.3 Å². The largest absolute Gasteiger partial charge is 0.253 e. The highest BCUT2D eigenvalue weighted by Crippen LogP contribution is 2.37. The molecule has 2 aliphatic rings. The molecule has 0 bridgehead atoms. The predicted molar refractivity (Wildman–Crippen MR) is 103 cm³/mol. The third-order valence-electron chi connectivity index (χ3n) is 5.83. The van der Waals surface area contributed by atoms with E-state index in [-0.39, 0.29) is 0 Å². The van der Waals surface area contributed by atoms with Crippen LogP contribution in [0, 0.1) is 19.8 Å². The van der Waals surface area contributed by atoms with Gasteiger partial charge >= 0.3 is 0 Å². The summed E-state index contributed by atoms with van der Waals surface area (Å²) in [4.78, 5) is 4.74. The minimum Gasteiger partial charge on any atom is -0.253 e. The summed E-state index contributed by atoms with van der Waals surface area (Å²) in [6.45, 7) is 4.26. The number of rotatable bonds is 2. The van der Waals surface area contributed by atoms with E-state index in [1.165, 1.54) is 67.0 Å². The van der Waals surface area contributed by atoms with Crippen molar-refractivity contribution in [3.8, 4) is 0 Å². The maximum Gasteiger partial charge on any atom is 0.0713 e. The van der Waals surface area contributed by atoms with Crippen molar-refractivity contribution < 1.29 is 0 Å². The van der Waals surface area contributed by atoms with Crippen LogP contribution in [0.15, 0.2) is 42.0 Å². The summed E-state index contributed by atoms with van der Waals surface area (Å²) in [5.74, 6) is 0.861. The zero-order valence-electron chi connectivity index (χ0n) is 14.9. The molecule has 0 aliphatic heterocycles. The summed E-state index contributed by atoms with van der Waals surface area (Å²) in [6.07, 6.45) is 14.3. The molecule has 0 N–H and O–H groups in total. The number of nitrogens with zero attached hydrogens (tertiary/aromatic N) is 1. The van der Waals surface area contributed by atoms with E-state index in [0.29, 0.717) is 0 Å². The van der Waals surface area contributed by atoms with Gasteiger partial charge in [-0.1, -0.05) is 49.1 Å². The molecule has 1 nitrogen and oxygen atoms in total. The first kappa shape index (κ1) is 15.6. The van der Waals surface area contributed by atoms with Crippen LogP contribution in [0.4, 0.5) is 0 Å². The molecule has 0 unspecified atom stereocenters. The van der Waals surface area contributed by atoms with Gasteiger partial charge in [-0.2, -0.15) is 0 Å². The van der Waals surface area contributed by atoms with Gasteiger partial charge in [0.15, 0.2) is 0 Å². The van der Waals surface area contributed by atoms with Crippen molar-refractivity contribution in [2.75, 3.05) is 0 Å². The number of aryl methyl sites for hydroxylation is 2. The van der Waals surface area contributed by atoms with Gasteiger partial charge in [-0.25, -0.2) is 0 Å². The van der Waals surface area contributed by atoms with Crippen molar-refractivity contribution in [3.05, 3.63) is 58.8 Å². The van der Waals surface area contributed by atoms with Gasteiger partial charge < -0.3 is 0 Å². The van der Waals surface area contributed by atoms with E-state index in [9.17, 15) is 0 Å². The molecule has 0 spiro atoms. The number of allylic oxidation sites excluding steroid dienone is 4. The fourth-order valence-corrected chi connectivity index (χ4v) is 4.48. The minimum absolute atomic E-state index is 0.861. The lowest BCUT2D eigenvalue weighted by Gasteiger charge is -2.26. The fourth-order valence-electron chi connectivity index (χ4n) is 4.48. The van der Waals surface area contributed by atoms with Gasteiger partial charge in [0.1, 0.15) is 0 Å². The topological polar surface area (TPSA) is 12.9 Å². The molecule has 2 aliphatic carbocycles. The quantitative estimate of drug-likeness (QED) is 0.613. The van der Waals surface area contributed by atoms with Crippen molar-refractivity contribution in [1.29, 1.82) is 0 Å². The highest BCUT2D eigenvalue weighted by Gasteiger charge is 2.19. The molecular weight excluding hydrogens is 290 g/mol. The smallest absolute Gasteiger partial charge is 0.0713 e. The van der Waals surface area contributed by atoms with Crippen LogP contribution < -0.4 is 0 Å². The Balaban J connectivity index is 1.63. The zero-order chi connectivity index (χ0) is 16.5. The van der Waals surface area contributed by atoms with Crippen LogP contribution in [0.25, 0.3) is 16.5 Å². The number of hydrogen-bond donors (Lipinski definition) is 0. The molecule has 124 valence electrons. The molecule has 1 aromatic heterocycles. The monoisotopic (exact) mass is 317 g/mol. The first-order valence-corrected chi connectivity index (χ1v) is 9.49. The fraction of sp³-hybridized carbons (Fsp3) is 0.435. The number of hydrogen-bond acceptors (Lipinski definition) is 1. The first-order chi connectivity index (χ1) is 11.7. The molecule has 1 heterocycles. The predicted octanol–water partition coefficient (Wildman–Crippen LogP) is 6.54. The summed E-state index contributed by atoms with van der Waals surface area (Å²) >= 11 is 0. The van der Waals surface area contributed by atoms with Gasteiger partial charge in [-0.05, 0) is 74.3 Å². The second-order valence-electron chi connectivity index (χ2n) is 7.58. The van der Waals surface area contributed by atoms with Crippen LogP contribution in [-0.4, -0.2) is 4.98 Å². The Bertz CT molecular complexity index is 819. The second-order valence-corrected chi connectivity index (χ2v) is 7.58. The first-order valence-electron chi connectivity index (χ1n) is 9.49. The molecule has 1 saturated carbocycles. The highest BCUT2D eigenvalue weighted by atomic mass is 14.7. The lowest BCUT2D eigenvalue weighted by molar-refractivity contribution is 0.395. The Morgan fingerprint density at radius 2 is 1.75 bits per heavy atom. The molecule has 0 amide bonds. The van der Waals surface area contributed by atoms with Gasteiger partial charge in [-0.15, -0.1) is 0 Å². The van der Waals surface area contributed by atoms with Crippen molar-refractivity contribution in [1.82, 2.24) is 4.98 Å². The van der Waals surface area contributed by atoms with Crippen LogP contribution in [0.1, 0.15) is 61.8 Å². The lowest BCUT2D eigenvalue weighted by atomic mass is 9.79. The average molecular weight is 317 g/mol. The normalized spacial score (nSPS) is 19.2. The number of benzene rings is 1. The molecule has 24 heavy (non-hydrogen) atoms. The van der Waals surface area contributed by atoms with Crippen LogP contribution in [-0.2, 0) is 0 Å². The minimum atomic E-state index is 0.861. The van der Waals surface area contributed by atoms with E-state index in [0.717, 1.165) is 17.1 Å². The maximum absolute atomic E-state index is 4.74. The Hall–Kier alpha value is -1.89. The molecular formula is C23H27N. The van der Waals surface area contributed by atoms with E-state index >= 15 is 0 Å². The van der Waals surface area contributed by atoms with Crippen molar-refractivity contribution in [3.63, 3.8) is 0 Å². The molecule has 4 rings (SSSR count). The van der Waals surface area contributed by atoms with Crippen molar-refractivity contribution >= 4 is 16.5 Å². The van der Waals surface area contributed by atoms with Crippen LogP contribution in [0.3, 0.4) is 0 Å². The summed E-state index contributed by atoms with van der Waals surface area (Å²) in [5, 5.41) is 1.28. The standard InChI is InChI=1S/C23H27N/c1-16-14-17(2)24-23-15-21(12-13-22(16)23)20-10-8-19(9-11-20)18-6-4-3-5-7-18/h8,10,12-15,18H,3-7,9,11H2,1-2H3. The Kier molecular flexibility index (Phi) is 4.26. The molecule has 2 aromatic rings. The molecule has 1 fully saturated rings. The second kappa shape index (κ2) is 6.55. The SMILES string of the molecule is Cc1cc(C)c2ccc(C3=CC=C(C4CCCCC4)CC3)cc2n1. The Morgan fingerprint density at radius 1 is 0.917 bits per heavy atom. The summed E-state index contributed by atoms with van der Waals surface area (Å²) in [7, 11) is 0. The summed E-state index contributed by atoms with van der Waals surface area (Å²) in [5.41, 5.74) is 8.07. The van der Waals surface area contributed by atoms with E-state index in [1.54, 1.807) is 5.57 Å². The summed E-state index contributed by atoms with van der Waals surface area (Å²) < 4.78 is 0. The number of pyridine rings is 1. The van der Waals surface area contributed by atoms with E-state index < -0.39 is 0 Å². The van der Waals surface area contributed by atoms with Gasteiger partial charge in [0, 0.05) is 11.1 Å². The molecule has 0 atom stereocenters. The third kappa shape index (κ3) is 3.05. The zero-order valence-corrected chi connectivity index (χ0v) is 14.9. The Labute approximate surface area is 145 Å². The molecule has 0 saturated heterocycles. The van der Waals surface area contributed by atoms with Crippen LogP contribution >= 0.6 is 0 Å². The molecule has 0 radical (unpaired) electrons. The van der Waals surface area contributed by atoms with E-state index in [1.807, 2.05) is 0 Å². The molecule has 1 heteroatoms. The van der Waals surface area contributed by atoms with Crippen LogP contribution in [0.2, 0.25) is 0 Å². The highest BCUT2D eigenvalue weighted by molar-refractivity contribution is 5.86. The molecule has 1 aromatic carbocycles. The summed E-state index contributed by atoms with van der Waals surface area (Å²) in [6, 6.07) is 8.97. The van der Waals surface area contributed by atoms with Gasteiger partial charge in [-0.3, -0.25) is 4.98 Å². The lowest BCUT2D eigenvalue weighted by Crippen LogP contribution is -2.10. The van der Waals surface area contributed by atoms with Crippen LogP contribution in [0.5, 0.6) is 0 Å².